The van der Waals surface area contributed by atoms with Gasteiger partial charge in [-0.1, -0.05) is 23.0 Å². The Labute approximate surface area is 479 Å². The number of hydrogen-bond acceptors (Lipinski definition) is 21. The fourth-order valence-electron chi connectivity index (χ4n) is 7.00. The van der Waals surface area contributed by atoms with E-state index in [0.29, 0.717) is 28.8 Å². The van der Waals surface area contributed by atoms with E-state index < -0.39 is 133 Å². The predicted octanol–water partition coefficient (Wildman–Crippen LogP) is -3.26. The van der Waals surface area contributed by atoms with Crippen molar-refractivity contribution in [3.63, 3.8) is 0 Å². The van der Waals surface area contributed by atoms with Crippen molar-refractivity contribution >= 4 is 132 Å². The molecule has 36 heteroatoms. The number of amides is 7. The summed E-state index contributed by atoms with van der Waals surface area (Å²) in [6, 6.07) is -3.01. The number of benzene rings is 1. The number of nitrogens with zero attached hydrogens (tertiary/aromatic N) is 4. The second-order valence-electron chi connectivity index (χ2n) is 17.3. The summed E-state index contributed by atoms with van der Waals surface area (Å²) < 4.78 is 0.414. The number of aromatic nitrogens is 4. The van der Waals surface area contributed by atoms with Gasteiger partial charge >= 0.3 is 23.9 Å². The van der Waals surface area contributed by atoms with E-state index >= 15 is 0 Å². The first-order chi connectivity index (χ1) is 38.8. The molecule has 0 saturated heterocycles. The minimum absolute atomic E-state index is 0.000110. The number of H-pyrrole nitrogens is 1. The van der Waals surface area contributed by atoms with E-state index in [1.807, 2.05) is 18.7 Å². The summed E-state index contributed by atoms with van der Waals surface area (Å²) in [6.07, 6.45) is -2.69. The number of carboxylic acid groups (broad SMARTS) is 4. The Hall–Kier alpha value is -8.93. The number of rotatable bonds is 35. The third-order valence-electron chi connectivity index (χ3n) is 11.1. The number of aromatic amines is 1. The number of aliphatic carboxylic acids is 4. The van der Waals surface area contributed by atoms with Crippen LogP contribution in [-0.4, -0.2) is 189 Å². The molecule has 0 unspecified atom stereocenters. The van der Waals surface area contributed by atoms with E-state index in [-0.39, 0.29) is 73.7 Å². The first-order valence-corrected chi connectivity index (χ1v) is 27.5. The molecule has 5 atom stereocenters. The molecule has 3 rings (SSSR count). The van der Waals surface area contributed by atoms with Crippen molar-refractivity contribution in [1.82, 2.24) is 67.4 Å². The molecule has 3 aromatic rings. The van der Waals surface area contributed by atoms with Gasteiger partial charge in [-0.2, -0.15) is 4.98 Å². The number of guanidine groups is 1. The molecule has 0 fully saturated rings. The summed E-state index contributed by atoms with van der Waals surface area (Å²) in [6.45, 7) is 3.95. The lowest BCUT2D eigenvalue weighted by atomic mass is 10.1. The van der Waals surface area contributed by atoms with Crippen LogP contribution in [0.25, 0.3) is 11.2 Å². The maximum absolute atomic E-state index is 13.9. The molecule has 0 aliphatic rings. The third-order valence-corrected chi connectivity index (χ3v) is 14.1. The number of thiocarbonyl (C=S) groups is 1. The highest BCUT2D eigenvalue weighted by atomic mass is 33.1. The largest absolute Gasteiger partial charge is 0.481 e. The minimum atomic E-state index is -2.10. The van der Waals surface area contributed by atoms with E-state index in [1.165, 1.54) is 18.3 Å². The molecule has 0 saturated carbocycles. The minimum Gasteiger partial charge on any atom is -0.481 e. The van der Waals surface area contributed by atoms with Gasteiger partial charge < -0.3 is 84.6 Å². The van der Waals surface area contributed by atoms with E-state index in [2.05, 4.69) is 67.8 Å². The van der Waals surface area contributed by atoms with Crippen molar-refractivity contribution in [1.29, 1.82) is 5.41 Å². The van der Waals surface area contributed by atoms with Crippen LogP contribution in [0.3, 0.4) is 0 Å². The summed E-state index contributed by atoms with van der Waals surface area (Å²) in [4.78, 5) is 170. The lowest BCUT2D eigenvalue weighted by Crippen LogP contribution is -2.60. The summed E-state index contributed by atoms with van der Waals surface area (Å²) in [5, 5.41) is 66.8. The van der Waals surface area contributed by atoms with Crippen LogP contribution in [-0.2, 0) is 54.5 Å². The number of anilines is 2. The number of nitrogens with two attached hydrogens (primary N) is 2. The van der Waals surface area contributed by atoms with Crippen molar-refractivity contribution in [2.24, 2.45) is 5.73 Å². The van der Waals surface area contributed by atoms with Crippen molar-refractivity contribution in [3.05, 3.63) is 52.1 Å². The first-order valence-electron chi connectivity index (χ1n) is 24.8. The highest BCUT2D eigenvalue weighted by molar-refractivity contribution is 8.83. The van der Waals surface area contributed by atoms with Gasteiger partial charge in [0, 0.05) is 49.6 Å². The molecule has 0 spiro atoms. The highest BCUT2D eigenvalue weighted by Crippen LogP contribution is 2.26. The molecular weight excluding hydrogens is 1140 g/mol. The maximum Gasteiger partial charge on any atom is 0.322 e. The SMILES string of the molecule is CCN(CC)C(=S)SSC[C@@H](NC(=O)[C@H](CC(=O)O)NC(=O)[C@H](CC(=O)O)NC(=O)[C@H](CCCNC(=N)N)NC(=O)[C@H](CC(=O)O)NC(=O)CCCNC(=O)c1ccc(NCc2cnc3nc(N)[nH]c(=O)c3n2)cc1)C(=O)NCC(=O)O. The van der Waals surface area contributed by atoms with Gasteiger partial charge in [0.25, 0.3) is 11.5 Å². The molecule has 7 amide bonds. The number of hydrogen-bond donors (Lipinski definition) is 17. The van der Waals surface area contributed by atoms with Crippen LogP contribution in [0.2, 0.25) is 0 Å². The Morgan fingerprint density at radius 3 is 1.79 bits per heavy atom. The normalized spacial score (nSPS) is 12.6. The lowest BCUT2D eigenvalue weighted by molar-refractivity contribution is -0.143. The number of carbonyl (C=O) groups is 11. The van der Waals surface area contributed by atoms with Crippen LogP contribution >= 0.6 is 33.8 Å². The predicted molar refractivity (Wildman–Crippen MR) is 299 cm³/mol. The fraction of sp³-hybridized carbons (Fsp3) is 0.457. The monoisotopic (exact) mass is 1210 g/mol. The van der Waals surface area contributed by atoms with Crippen LogP contribution in [0.15, 0.2) is 35.3 Å². The lowest BCUT2D eigenvalue weighted by Gasteiger charge is -2.26. The zero-order valence-electron chi connectivity index (χ0n) is 44.0. The zero-order valence-corrected chi connectivity index (χ0v) is 46.5. The number of carboxylic acids is 4. The Balaban J connectivity index is 1.69. The molecule has 19 N–H and O–H groups in total. The van der Waals surface area contributed by atoms with Gasteiger partial charge in [-0.15, -0.1) is 0 Å². The van der Waals surface area contributed by atoms with Gasteiger partial charge in [-0.25, -0.2) is 9.97 Å². The average Bonchev–Trinajstić information content (AvgIpc) is 3.43. The molecule has 2 aromatic heterocycles. The Morgan fingerprint density at radius 1 is 0.707 bits per heavy atom. The summed E-state index contributed by atoms with van der Waals surface area (Å²) in [5.74, 6) is -14.8. The number of nitrogens with one attached hydrogen (secondary N) is 11. The number of carbonyl (C=O) groups excluding carboxylic acids is 7. The smallest absolute Gasteiger partial charge is 0.322 e. The van der Waals surface area contributed by atoms with Crippen LogP contribution in [0.1, 0.15) is 74.8 Å². The molecule has 82 heavy (non-hydrogen) atoms. The van der Waals surface area contributed by atoms with Crippen molar-refractivity contribution in [2.45, 2.75) is 95.5 Å². The van der Waals surface area contributed by atoms with Crippen molar-refractivity contribution < 1.29 is 73.2 Å². The topological polar surface area (TPSA) is 528 Å². The Kier molecular flexibility index (Phi) is 28.1. The summed E-state index contributed by atoms with van der Waals surface area (Å²) >= 11 is 5.38. The second kappa shape index (κ2) is 34.3. The van der Waals surface area contributed by atoms with Gasteiger partial charge in [-0.05, 0) is 68.2 Å². The van der Waals surface area contributed by atoms with Crippen LogP contribution in [0.4, 0.5) is 11.6 Å². The molecule has 33 nitrogen and oxygen atoms in total. The zero-order chi connectivity index (χ0) is 61.1. The van der Waals surface area contributed by atoms with E-state index in [1.54, 1.807) is 12.1 Å². The number of nitrogen functional groups attached to an aromatic ring is 1. The third kappa shape index (κ3) is 24.2. The quantitative estimate of drug-likeness (QED) is 0.00903. The summed E-state index contributed by atoms with van der Waals surface area (Å²) in [7, 11) is 2.04. The van der Waals surface area contributed by atoms with Gasteiger partial charge in [0.2, 0.25) is 41.4 Å². The Morgan fingerprint density at radius 2 is 1.24 bits per heavy atom. The standard InChI is InChI=1S/C46H63N17O16S3/c1-3-63(4-2)46(80)82-81-21-29(38(74)54-20-34(71)72)60-42(78)28(17-33(69)70)59-41(77)27(16-32(67)68)58-39(75)25(7-5-14-51-44(47)48)57-40(76)26(15-31(65)66)56-30(64)8-6-13-50-37(73)22-9-11-23(12-10-22)52-18-24-19-53-36-35(55-24)43(79)62-45(49)61-36/h9-12,19,25-29,52H,3-8,13-18,20-21H2,1-2H3,(H,50,73)(H,54,74)(H,56,64)(H,57,76)(H,58,75)(H,59,77)(H,60,78)(H,65,66)(H,67,68)(H,69,70)(H,71,72)(H4,47,48,51)(H3,49,53,61,62,79)/t25-,26-,27-,28-,29+/m0/s1. The van der Waals surface area contributed by atoms with Gasteiger partial charge in [0.05, 0.1) is 37.7 Å². The molecule has 0 radical (unpaired) electrons. The van der Waals surface area contributed by atoms with Crippen molar-refractivity contribution in [3.8, 4) is 0 Å². The molecule has 446 valence electrons. The average molecular weight is 1210 g/mol. The van der Waals surface area contributed by atoms with E-state index in [4.69, 9.17) is 34.2 Å². The van der Waals surface area contributed by atoms with Gasteiger partial charge in [0.15, 0.2) is 17.1 Å². The van der Waals surface area contributed by atoms with Gasteiger partial charge in [0.1, 0.15) is 41.1 Å². The molecule has 0 bridgehead atoms. The molecule has 0 aliphatic carbocycles. The second-order valence-corrected chi connectivity index (χ2v) is 20.3. The first kappa shape index (κ1) is 67.3. The maximum atomic E-state index is 13.9. The fourth-order valence-corrected chi connectivity index (χ4v) is 9.83. The van der Waals surface area contributed by atoms with Crippen molar-refractivity contribution in [2.75, 3.05) is 49.5 Å². The van der Waals surface area contributed by atoms with Crippen LogP contribution in [0, 0.1) is 5.41 Å². The Bertz CT molecular complexity index is 2900. The van der Waals surface area contributed by atoms with E-state index in [9.17, 15) is 72.9 Å². The van der Waals surface area contributed by atoms with Gasteiger partial charge in [-0.3, -0.25) is 67.9 Å². The van der Waals surface area contributed by atoms with Crippen LogP contribution in [0.5, 0.6) is 0 Å². The molecule has 2 heterocycles. The van der Waals surface area contributed by atoms with E-state index in [0.717, 1.165) is 21.6 Å². The highest BCUT2D eigenvalue weighted by Gasteiger charge is 2.35. The summed E-state index contributed by atoms with van der Waals surface area (Å²) in [5.41, 5.74) is 11.7. The molecule has 1 aromatic carbocycles. The van der Waals surface area contributed by atoms with Crippen LogP contribution < -0.4 is 64.9 Å². The molecule has 0 aliphatic heterocycles. The number of fused-ring (bicyclic) bond motifs is 1. The molecular formula is C46H63N17O16S3.